The van der Waals surface area contributed by atoms with E-state index in [-0.39, 0.29) is 6.61 Å². The molecular weight excluding hydrogens is 176 g/mol. The van der Waals surface area contributed by atoms with E-state index in [1.54, 1.807) is 0 Å². The molecule has 1 aromatic carbocycles. The molecule has 0 aliphatic rings. The zero-order chi connectivity index (χ0) is 10.2. The molecule has 0 heterocycles. The fourth-order valence-corrected chi connectivity index (χ4v) is 0.888. The maximum absolute atomic E-state index is 8.49. The van der Waals surface area contributed by atoms with Crippen LogP contribution in [0, 0.1) is 23.9 Å². The first kappa shape index (κ1) is 10.2. The molecule has 0 saturated carbocycles. The molecule has 1 N–H and O–H groups in total. The molecule has 2 nitrogen and oxygen atoms in total. The number of aliphatic hydroxyl groups is 1. The maximum atomic E-state index is 8.49. The Bertz CT molecular complexity index is 355. The average Bonchev–Trinajstić information content (AvgIpc) is 2.25. The third-order valence-corrected chi connectivity index (χ3v) is 1.49. The average molecular weight is 186 g/mol. The summed E-state index contributed by atoms with van der Waals surface area (Å²) in [5.74, 6) is 8.18. The Morgan fingerprint density at radius 3 is 2.21 bits per heavy atom. The number of ether oxygens (including phenoxy) is 1. The van der Waals surface area contributed by atoms with Gasteiger partial charge < -0.3 is 9.84 Å². The van der Waals surface area contributed by atoms with Crippen LogP contribution in [0.4, 0.5) is 0 Å². The molecule has 70 valence electrons. The topological polar surface area (TPSA) is 29.5 Å². The lowest BCUT2D eigenvalue weighted by Crippen LogP contribution is -1.78. The molecule has 0 aliphatic carbocycles. The van der Waals surface area contributed by atoms with Gasteiger partial charge in [-0.05, 0) is 30.2 Å². The zero-order valence-corrected chi connectivity index (χ0v) is 7.87. The molecule has 0 unspecified atom stereocenters. The van der Waals surface area contributed by atoms with Crippen molar-refractivity contribution >= 4 is 0 Å². The first-order valence-corrected chi connectivity index (χ1v) is 4.10. The molecule has 14 heavy (non-hydrogen) atoms. The zero-order valence-electron chi connectivity index (χ0n) is 7.87. The van der Waals surface area contributed by atoms with Crippen molar-refractivity contribution in [3.8, 4) is 23.9 Å². The van der Waals surface area contributed by atoms with E-state index in [2.05, 4.69) is 28.6 Å². The van der Waals surface area contributed by atoms with Gasteiger partial charge in [-0.15, -0.1) is 0 Å². The highest BCUT2D eigenvalue weighted by Crippen LogP contribution is 2.01. The lowest BCUT2D eigenvalue weighted by atomic mass is 10.1. The van der Waals surface area contributed by atoms with Gasteiger partial charge >= 0.3 is 0 Å². The minimum atomic E-state index is -0.120. The molecule has 0 amide bonds. The Labute approximate surface area is 83.5 Å². The van der Waals surface area contributed by atoms with Gasteiger partial charge in [-0.2, -0.15) is 0 Å². The predicted octanol–water partition coefficient (Wildman–Crippen LogP) is 0.986. The molecule has 2 heteroatoms. The highest BCUT2D eigenvalue weighted by molar-refractivity contribution is 5.41. The Kier molecular flexibility index (Phi) is 4.14. The van der Waals surface area contributed by atoms with Crippen molar-refractivity contribution in [3.63, 3.8) is 0 Å². The smallest absolute Gasteiger partial charge is 0.115 e. The van der Waals surface area contributed by atoms with Gasteiger partial charge in [0.15, 0.2) is 0 Å². The molecule has 0 atom stereocenters. The van der Waals surface area contributed by atoms with Gasteiger partial charge in [-0.25, -0.2) is 0 Å². The molecule has 0 saturated heterocycles. The van der Waals surface area contributed by atoms with Gasteiger partial charge in [0.1, 0.15) is 12.7 Å². The fourth-order valence-electron chi connectivity index (χ4n) is 0.888. The monoisotopic (exact) mass is 186 g/mol. The second kappa shape index (κ2) is 5.70. The third kappa shape index (κ3) is 3.23. The molecule has 0 fully saturated rings. The summed E-state index contributed by atoms with van der Waals surface area (Å²) in [5.41, 5.74) is 1.74. The Morgan fingerprint density at radius 1 is 1.14 bits per heavy atom. The van der Waals surface area contributed by atoms with Crippen molar-refractivity contribution in [1.29, 1.82) is 0 Å². The van der Waals surface area contributed by atoms with Crippen LogP contribution in [0.2, 0.25) is 0 Å². The molecule has 0 bridgehead atoms. The summed E-state index contributed by atoms with van der Waals surface area (Å²) in [6.45, 7) is -0.120. The van der Waals surface area contributed by atoms with Crippen molar-refractivity contribution in [2.75, 3.05) is 13.7 Å². The van der Waals surface area contributed by atoms with Gasteiger partial charge in [0.25, 0.3) is 0 Å². The largest absolute Gasteiger partial charge is 0.450 e. The lowest BCUT2D eigenvalue weighted by molar-refractivity contribution is 0.350. The molecule has 0 aliphatic heterocycles. The Hall–Kier alpha value is -1.90. The lowest BCUT2D eigenvalue weighted by Gasteiger charge is -1.90. The second-order valence-electron chi connectivity index (χ2n) is 2.47. The van der Waals surface area contributed by atoms with E-state index in [1.807, 2.05) is 24.3 Å². The van der Waals surface area contributed by atoms with E-state index in [4.69, 9.17) is 5.11 Å². The Morgan fingerprint density at radius 2 is 1.71 bits per heavy atom. The van der Waals surface area contributed by atoms with Crippen molar-refractivity contribution < 1.29 is 9.84 Å². The number of rotatable bonds is 0. The van der Waals surface area contributed by atoms with E-state index in [0.717, 1.165) is 11.1 Å². The van der Waals surface area contributed by atoms with Crippen LogP contribution in [0.3, 0.4) is 0 Å². The number of benzene rings is 1. The Balaban J connectivity index is 2.78. The van der Waals surface area contributed by atoms with Gasteiger partial charge in [0.05, 0.1) is 7.11 Å². The maximum Gasteiger partial charge on any atom is 0.115 e. The van der Waals surface area contributed by atoms with Crippen LogP contribution >= 0.6 is 0 Å². The summed E-state index contributed by atoms with van der Waals surface area (Å²) in [4.78, 5) is 0. The first-order chi connectivity index (χ1) is 6.86. The normalized spacial score (nSPS) is 7.86. The van der Waals surface area contributed by atoms with Crippen molar-refractivity contribution in [1.82, 2.24) is 0 Å². The van der Waals surface area contributed by atoms with Crippen molar-refractivity contribution in [3.05, 3.63) is 35.4 Å². The van der Waals surface area contributed by atoms with Crippen molar-refractivity contribution in [2.45, 2.75) is 0 Å². The first-order valence-electron chi connectivity index (χ1n) is 4.10. The third-order valence-electron chi connectivity index (χ3n) is 1.49. The quantitative estimate of drug-likeness (QED) is 0.612. The molecule has 0 radical (unpaired) electrons. The second-order valence-corrected chi connectivity index (χ2v) is 2.47. The summed E-state index contributed by atoms with van der Waals surface area (Å²) in [7, 11) is 1.52. The van der Waals surface area contributed by atoms with E-state index in [1.165, 1.54) is 7.11 Å². The minimum absolute atomic E-state index is 0.120. The molecule has 1 aromatic rings. The van der Waals surface area contributed by atoms with Crippen LogP contribution in [0.15, 0.2) is 24.3 Å². The van der Waals surface area contributed by atoms with Gasteiger partial charge in [-0.3, -0.25) is 0 Å². The van der Waals surface area contributed by atoms with Gasteiger partial charge in [0.2, 0.25) is 0 Å². The SMILES string of the molecule is COC#Cc1ccc(C#CCO)cc1. The minimum Gasteiger partial charge on any atom is -0.450 e. The van der Waals surface area contributed by atoms with Crippen LogP contribution in [-0.4, -0.2) is 18.8 Å². The molecule has 0 aromatic heterocycles. The fraction of sp³-hybridized carbons (Fsp3) is 0.167. The summed E-state index contributed by atoms with van der Waals surface area (Å²) < 4.78 is 4.62. The van der Waals surface area contributed by atoms with Crippen LogP contribution in [0.25, 0.3) is 0 Å². The highest BCUT2D eigenvalue weighted by Gasteiger charge is 1.87. The van der Waals surface area contributed by atoms with Crippen molar-refractivity contribution in [2.24, 2.45) is 0 Å². The van der Waals surface area contributed by atoms with Gasteiger partial charge in [-0.1, -0.05) is 11.8 Å². The number of aliphatic hydroxyl groups excluding tert-OH is 1. The summed E-state index contributed by atoms with van der Waals surface area (Å²) in [6.07, 6.45) is 2.50. The van der Waals surface area contributed by atoms with Crippen LogP contribution in [-0.2, 0) is 4.74 Å². The number of hydrogen-bond acceptors (Lipinski definition) is 2. The number of hydrogen-bond donors (Lipinski definition) is 1. The molecule has 0 spiro atoms. The summed E-state index contributed by atoms with van der Waals surface area (Å²) in [5, 5.41) is 8.49. The van der Waals surface area contributed by atoms with E-state index in [0.29, 0.717) is 0 Å². The van der Waals surface area contributed by atoms with E-state index < -0.39 is 0 Å². The van der Waals surface area contributed by atoms with Crippen LogP contribution in [0.5, 0.6) is 0 Å². The van der Waals surface area contributed by atoms with Crippen LogP contribution < -0.4 is 0 Å². The van der Waals surface area contributed by atoms with E-state index >= 15 is 0 Å². The molecular formula is C12H10O2. The predicted molar refractivity (Wildman–Crippen MR) is 54.3 cm³/mol. The van der Waals surface area contributed by atoms with Gasteiger partial charge in [0, 0.05) is 11.1 Å². The van der Waals surface area contributed by atoms with E-state index in [9.17, 15) is 0 Å². The van der Waals surface area contributed by atoms with Crippen LogP contribution in [0.1, 0.15) is 11.1 Å². The molecule has 1 rings (SSSR count). The number of methoxy groups -OCH3 is 1. The standard InChI is InChI=1S/C12H10O2/c1-14-10-8-12-6-4-11(5-7-12)3-2-9-13/h4-7,13H,9H2,1H3. The summed E-state index contributed by atoms with van der Waals surface area (Å²) >= 11 is 0. The summed E-state index contributed by atoms with van der Waals surface area (Å²) in [6, 6.07) is 7.41. The highest BCUT2D eigenvalue weighted by atomic mass is 16.5.